The number of amides is 1. The van der Waals surface area contributed by atoms with E-state index in [-0.39, 0.29) is 5.91 Å². The number of nitrogens with one attached hydrogen (secondary N) is 1. The van der Waals surface area contributed by atoms with Gasteiger partial charge in [-0.3, -0.25) is 4.79 Å². The first-order chi connectivity index (χ1) is 8.75. The van der Waals surface area contributed by atoms with Crippen molar-refractivity contribution in [3.05, 3.63) is 36.0 Å². The van der Waals surface area contributed by atoms with Gasteiger partial charge in [-0.25, -0.2) is 0 Å². The second-order valence-corrected chi connectivity index (χ2v) is 5.13. The number of hydrogen-bond donors (Lipinski definition) is 1. The zero-order chi connectivity index (χ0) is 12.5. The van der Waals surface area contributed by atoms with Gasteiger partial charge in [-0.05, 0) is 37.1 Å². The summed E-state index contributed by atoms with van der Waals surface area (Å²) in [6.45, 7) is 0. The van der Waals surface area contributed by atoms with E-state index in [1.165, 1.54) is 12.8 Å². The van der Waals surface area contributed by atoms with Crippen molar-refractivity contribution < 1.29 is 4.79 Å². The van der Waals surface area contributed by atoms with Crippen molar-refractivity contribution in [3.63, 3.8) is 0 Å². The fraction of sp³-hybridized carbons (Fsp3) is 0.400. The highest BCUT2D eigenvalue weighted by Crippen LogP contribution is 2.24. The van der Waals surface area contributed by atoms with Crippen LogP contribution in [0.4, 0.5) is 0 Å². The van der Waals surface area contributed by atoms with Crippen LogP contribution in [0.15, 0.2) is 30.5 Å². The largest absolute Gasteiger partial charge is 0.361 e. The molecule has 1 fully saturated rings. The van der Waals surface area contributed by atoms with Gasteiger partial charge in [0, 0.05) is 35.8 Å². The normalized spacial score (nSPS) is 16.3. The lowest BCUT2D eigenvalue weighted by Crippen LogP contribution is -2.35. The molecule has 2 aromatic rings. The van der Waals surface area contributed by atoms with Crippen LogP contribution >= 0.6 is 0 Å². The van der Waals surface area contributed by atoms with Gasteiger partial charge in [-0.15, -0.1) is 0 Å². The van der Waals surface area contributed by atoms with E-state index < -0.39 is 0 Å². The molecule has 1 saturated carbocycles. The van der Waals surface area contributed by atoms with E-state index in [9.17, 15) is 4.79 Å². The Balaban J connectivity index is 1.86. The van der Waals surface area contributed by atoms with Gasteiger partial charge in [0.1, 0.15) is 0 Å². The summed E-state index contributed by atoms with van der Waals surface area (Å²) in [5.41, 5.74) is 1.87. The molecule has 3 nitrogen and oxygen atoms in total. The zero-order valence-corrected chi connectivity index (χ0v) is 10.6. The van der Waals surface area contributed by atoms with Crippen LogP contribution in [0.1, 0.15) is 36.0 Å². The van der Waals surface area contributed by atoms with Gasteiger partial charge in [0.25, 0.3) is 5.91 Å². The van der Waals surface area contributed by atoms with Gasteiger partial charge in [0.05, 0.1) is 0 Å². The number of H-pyrrole nitrogens is 1. The van der Waals surface area contributed by atoms with Crippen LogP contribution in [0, 0.1) is 0 Å². The zero-order valence-electron chi connectivity index (χ0n) is 10.6. The number of aromatic amines is 1. The summed E-state index contributed by atoms with van der Waals surface area (Å²) in [5.74, 6) is 0.144. The van der Waals surface area contributed by atoms with Gasteiger partial charge in [-0.2, -0.15) is 0 Å². The van der Waals surface area contributed by atoms with Gasteiger partial charge < -0.3 is 9.88 Å². The Kier molecular flexibility index (Phi) is 2.82. The van der Waals surface area contributed by atoms with E-state index in [0.717, 1.165) is 29.3 Å². The molecule has 0 spiro atoms. The minimum atomic E-state index is 0.144. The van der Waals surface area contributed by atoms with Crippen LogP contribution < -0.4 is 0 Å². The van der Waals surface area contributed by atoms with Crippen molar-refractivity contribution in [3.8, 4) is 0 Å². The minimum Gasteiger partial charge on any atom is -0.361 e. The molecule has 1 aromatic heterocycles. The molecule has 1 N–H and O–H groups in total. The molecule has 18 heavy (non-hydrogen) atoms. The van der Waals surface area contributed by atoms with Gasteiger partial charge in [0.2, 0.25) is 0 Å². The number of fused-ring (bicyclic) bond motifs is 1. The van der Waals surface area contributed by atoms with Crippen LogP contribution in [0.2, 0.25) is 0 Å². The lowest BCUT2D eigenvalue weighted by atomic mass is 10.1. The highest BCUT2D eigenvalue weighted by atomic mass is 16.2. The van der Waals surface area contributed by atoms with Crippen LogP contribution in [-0.2, 0) is 0 Å². The molecule has 94 valence electrons. The van der Waals surface area contributed by atoms with Gasteiger partial charge in [0.15, 0.2) is 0 Å². The molecule has 0 atom stereocenters. The first kappa shape index (κ1) is 11.3. The number of carbonyl (C=O) groups is 1. The molecule has 0 bridgehead atoms. The standard InChI is InChI=1S/C15H18N2O/c1-17(13-4-2-3-5-13)15(18)12-6-7-14-11(10-12)8-9-16-14/h6-10,13,16H,2-5H2,1H3. The molecule has 0 unspecified atom stereocenters. The third-order valence-corrected chi connectivity index (χ3v) is 3.99. The first-order valence-electron chi connectivity index (χ1n) is 6.60. The van der Waals surface area contributed by atoms with Crippen molar-refractivity contribution in [1.29, 1.82) is 0 Å². The summed E-state index contributed by atoms with van der Waals surface area (Å²) in [4.78, 5) is 17.5. The number of hydrogen-bond acceptors (Lipinski definition) is 1. The van der Waals surface area contributed by atoms with Crippen molar-refractivity contribution in [2.75, 3.05) is 7.05 Å². The van der Waals surface area contributed by atoms with Crippen molar-refractivity contribution in [1.82, 2.24) is 9.88 Å². The number of carbonyl (C=O) groups excluding carboxylic acids is 1. The van der Waals surface area contributed by atoms with E-state index in [0.29, 0.717) is 6.04 Å². The minimum absolute atomic E-state index is 0.144. The Morgan fingerprint density at radius 2 is 2.06 bits per heavy atom. The van der Waals surface area contributed by atoms with E-state index in [2.05, 4.69) is 4.98 Å². The van der Waals surface area contributed by atoms with Crippen LogP contribution in [0.5, 0.6) is 0 Å². The molecule has 1 aliphatic rings. The molecule has 0 aliphatic heterocycles. The quantitative estimate of drug-likeness (QED) is 0.862. The Morgan fingerprint density at radius 1 is 1.28 bits per heavy atom. The molecular formula is C15H18N2O. The van der Waals surface area contributed by atoms with E-state index >= 15 is 0 Å². The third-order valence-electron chi connectivity index (χ3n) is 3.99. The predicted molar refractivity (Wildman–Crippen MR) is 72.6 cm³/mol. The summed E-state index contributed by atoms with van der Waals surface area (Å²) in [5, 5.41) is 1.10. The van der Waals surface area contributed by atoms with E-state index in [1.807, 2.05) is 42.4 Å². The highest BCUT2D eigenvalue weighted by Gasteiger charge is 2.24. The van der Waals surface area contributed by atoms with Crippen molar-refractivity contribution in [2.24, 2.45) is 0 Å². The van der Waals surface area contributed by atoms with Crippen LogP contribution in [-0.4, -0.2) is 28.9 Å². The maximum Gasteiger partial charge on any atom is 0.253 e. The van der Waals surface area contributed by atoms with Crippen LogP contribution in [0.25, 0.3) is 10.9 Å². The second-order valence-electron chi connectivity index (χ2n) is 5.13. The summed E-state index contributed by atoms with van der Waals surface area (Å²) >= 11 is 0. The molecule has 3 rings (SSSR count). The third kappa shape index (κ3) is 1.90. The Hall–Kier alpha value is -1.77. The maximum absolute atomic E-state index is 12.4. The fourth-order valence-electron chi connectivity index (χ4n) is 2.85. The Labute approximate surface area is 107 Å². The van der Waals surface area contributed by atoms with Crippen LogP contribution in [0.3, 0.4) is 0 Å². The first-order valence-corrected chi connectivity index (χ1v) is 6.60. The van der Waals surface area contributed by atoms with Gasteiger partial charge >= 0.3 is 0 Å². The van der Waals surface area contributed by atoms with Crippen molar-refractivity contribution in [2.45, 2.75) is 31.7 Å². The molecule has 0 saturated heterocycles. The Bertz CT molecular complexity index is 567. The summed E-state index contributed by atoms with van der Waals surface area (Å²) in [6.07, 6.45) is 6.70. The number of benzene rings is 1. The predicted octanol–water partition coefficient (Wildman–Crippen LogP) is 3.18. The maximum atomic E-state index is 12.4. The average molecular weight is 242 g/mol. The fourth-order valence-corrected chi connectivity index (χ4v) is 2.85. The number of rotatable bonds is 2. The average Bonchev–Trinajstić information content (AvgIpc) is 3.06. The van der Waals surface area contributed by atoms with Gasteiger partial charge in [-0.1, -0.05) is 12.8 Å². The smallest absolute Gasteiger partial charge is 0.253 e. The summed E-state index contributed by atoms with van der Waals surface area (Å²) in [6, 6.07) is 8.29. The monoisotopic (exact) mass is 242 g/mol. The summed E-state index contributed by atoms with van der Waals surface area (Å²) < 4.78 is 0. The highest BCUT2D eigenvalue weighted by molar-refractivity contribution is 5.98. The molecule has 1 heterocycles. The molecule has 1 amide bonds. The Morgan fingerprint density at radius 3 is 2.83 bits per heavy atom. The molecule has 3 heteroatoms. The molecule has 0 radical (unpaired) electrons. The topological polar surface area (TPSA) is 36.1 Å². The second kappa shape index (κ2) is 4.48. The van der Waals surface area contributed by atoms with E-state index in [4.69, 9.17) is 0 Å². The molecule has 1 aromatic carbocycles. The van der Waals surface area contributed by atoms with E-state index in [1.54, 1.807) is 0 Å². The molecular weight excluding hydrogens is 224 g/mol. The lowest BCUT2D eigenvalue weighted by molar-refractivity contribution is 0.0735. The number of nitrogens with zero attached hydrogens (tertiary/aromatic N) is 1. The summed E-state index contributed by atoms with van der Waals surface area (Å²) in [7, 11) is 1.93. The van der Waals surface area contributed by atoms with Crippen molar-refractivity contribution >= 4 is 16.8 Å². The SMILES string of the molecule is CN(C(=O)c1ccc2[nH]ccc2c1)C1CCCC1. The lowest BCUT2D eigenvalue weighted by Gasteiger charge is -2.24. The molecule has 1 aliphatic carbocycles. The number of aromatic nitrogens is 1.